The van der Waals surface area contributed by atoms with Gasteiger partial charge in [-0.25, -0.2) is 9.97 Å². The standard InChI is InChI=1S/C12H11ClN2OS/c1-8-3-5-9(6-4-8)17-12-10(16-2)11(13)14-7-15-12/h3-7H,1-2H3. The lowest BCUT2D eigenvalue weighted by molar-refractivity contribution is 0.398. The molecule has 0 aliphatic carbocycles. The quantitative estimate of drug-likeness (QED) is 0.795. The number of hydrogen-bond acceptors (Lipinski definition) is 4. The fourth-order valence-corrected chi connectivity index (χ4v) is 2.43. The van der Waals surface area contributed by atoms with Crippen LogP contribution in [0.3, 0.4) is 0 Å². The summed E-state index contributed by atoms with van der Waals surface area (Å²) in [6.07, 6.45) is 1.43. The molecule has 0 amide bonds. The van der Waals surface area contributed by atoms with Crippen molar-refractivity contribution in [1.82, 2.24) is 9.97 Å². The third-order valence-corrected chi connectivity index (χ3v) is 3.43. The van der Waals surface area contributed by atoms with E-state index in [0.29, 0.717) is 10.9 Å². The molecule has 3 nitrogen and oxygen atoms in total. The van der Waals surface area contributed by atoms with Crippen LogP contribution in [0, 0.1) is 6.92 Å². The zero-order valence-corrected chi connectivity index (χ0v) is 11.0. The third kappa shape index (κ3) is 2.90. The Balaban J connectivity index is 2.29. The Morgan fingerprint density at radius 2 is 1.88 bits per heavy atom. The highest BCUT2D eigenvalue weighted by molar-refractivity contribution is 7.99. The molecule has 2 aromatic rings. The van der Waals surface area contributed by atoms with Crippen molar-refractivity contribution in [1.29, 1.82) is 0 Å². The molecule has 1 heterocycles. The summed E-state index contributed by atoms with van der Waals surface area (Å²) in [5.41, 5.74) is 1.22. The fraction of sp³-hybridized carbons (Fsp3) is 0.167. The minimum absolute atomic E-state index is 0.331. The minimum atomic E-state index is 0.331. The molecule has 0 atom stereocenters. The van der Waals surface area contributed by atoms with Crippen LogP contribution in [0.4, 0.5) is 0 Å². The fourth-order valence-electron chi connectivity index (χ4n) is 1.30. The van der Waals surface area contributed by atoms with Crippen LogP contribution in [0.25, 0.3) is 0 Å². The average molecular weight is 267 g/mol. The van der Waals surface area contributed by atoms with E-state index in [2.05, 4.69) is 29.0 Å². The zero-order valence-electron chi connectivity index (χ0n) is 9.48. The molecular weight excluding hydrogens is 256 g/mol. The van der Waals surface area contributed by atoms with Crippen molar-refractivity contribution in [2.75, 3.05) is 7.11 Å². The van der Waals surface area contributed by atoms with Crippen molar-refractivity contribution < 1.29 is 4.74 Å². The molecule has 5 heteroatoms. The van der Waals surface area contributed by atoms with Crippen molar-refractivity contribution in [3.8, 4) is 5.75 Å². The molecule has 0 N–H and O–H groups in total. The molecule has 0 bridgehead atoms. The van der Waals surface area contributed by atoms with Crippen LogP contribution in [-0.2, 0) is 0 Å². The summed E-state index contributed by atoms with van der Waals surface area (Å²) in [4.78, 5) is 9.14. The highest BCUT2D eigenvalue weighted by atomic mass is 35.5. The van der Waals surface area contributed by atoms with E-state index < -0.39 is 0 Å². The lowest BCUT2D eigenvalue weighted by Crippen LogP contribution is -1.92. The number of methoxy groups -OCH3 is 1. The Kier molecular flexibility index (Phi) is 3.86. The van der Waals surface area contributed by atoms with Gasteiger partial charge in [0.1, 0.15) is 11.4 Å². The van der Waals surface area contributed by atoms with E-state index in [4.69, 9.17) is 16.3 Å². The SMILES string of the molecule is COc1c(Cl)ncnc1Sc1ccc(C)cc1. The van der Waals surface area contributed by atoms with Crippen molar-refractivity contribution in [3.05, 3.63) is 41.3 Å². The van der Waals surface area contributed by atoms with Gasteiger partial charge in [-0.15, -0.1) is 0 Å². The molecular formula is C12H11ClN2OS. The molecule has 88 valence electrons. The molecule has 0 radical (unpaired) electrons. The smallest absolute Gasteiger partial charge is 0.188 e. The Labute approximate surface area is 109 Å². The Bertz CT molecular complexity index is 516. The van der Waals surface area contributed by atoms with E-state index in [0.717, 1.165) is 9.92 Å². The van der Waals surface area contributed by atoms with Crippen LogP contribution in [0.1, 0.15) is 5.56 Å². The first-order valence-corrected chi connectivity index (χ1v) is 6.19. The van der Waals surface area contributed by atoms with E-state index >= 15 is 0 Å². The highest BCUT2D eigenvalue weighted by Gasteiger charge is 2.11. The number of hydrogen-bond donors (Lipinski definition) is 0. The Morgan fingerprint density at radius 3 is 2.53 bits per heavy atom. The molecule has 1 aromatic heterocycles. The molecule has 2 rings (SSSR count). The molecule has 0 aliphatic rings. The molecule has 17 heavy (non-hydrogen) atoms. The maximum absolute atomic E-state index is 5.93. The third-order valence-electron chi connectivity index (χ3n) is 2.17. The first kappa shape index (κ1) is 12.2. The second-order valence-electron chi connectivity index (χ2n) is 3.42. The summed E-state index contributed by atoms with van der Waals surface area (Å²) in [6.45, 7) is 2.05. The number of nitrogens with zero attached hydrogens (tertiary/aromatic N) is 2. The van der Waals surface area contributed by atoms with Crippen LogP contribution >= 0.6 is 23.4 Å². The van der Waals surface area contributed by atoms with Crippen molar-refractivity contribution in [2.24, 2.45) is 0 Å². The van der Waals surface area contributed by atoms with Gasteiger partial charge in [-0.2, -0.15) is 0 Å². The van der Waals surface area contributed by atoms with Crippen LogP contribution in [-0.4, -0.2) is 17.1 Å². The van der Waals surface area contributed by atoms with Crippen molar-refractivity contribution >= 4 is 23.4 Å². The maximum atomic E-state index is 5.93. The van der Waals surface area contributed by atoms with Gasteiger partial charge in [0.2, 0.25) is 0 Å². The molecule has 0 saturated heterocycles. The molecule has 0 aliphatic heterocycles. The van der Waals surface area contributed by atoms with E-state index in [1.165, 1.54) is 23.7 Å². The first-order valence-electron chi connectivity index (χ1n) is 4.99. The monoisotopic (exact) mass is 266 g/mol. The molecule has 1 aromatic carbocycles. The van der Waals surface area contributed by atoms with Gasteiger partial charge in [0, 0.05) is 4.90 Å². The summed E-state index contributed by atoms with van der Waals surface area (Å²) >= 11 is 7.43. The zero-order chi connectivity index (χ0) is 12.3. The van der Waals surface area contributed by atoms with Gasteiger partial charge in [-0.05, 0) is 19.1 Å². The summed E-state index contributed by atoms with van der Waals surface area (Å²) in [7, 11) is 1.56. The lowest BCUT2D eigenvalue weighted by Gasteiger charge is -2.07. The molecule has 0 unspecified atom stereocenters. The highest BCUT2D eigenvalue weighted by Crippen LogP contribution is 2.36. The number of halogens is 1. The molecule has 0 saturated carbocycles. The van der Waals surface area contributed by atoms with Crippen molar-refractivity contribution in [2.45, 2.75) is 16.8 Å². The van der Waals surface area contributed by atoms with Crippen LogP contribution in [0.5, 0.6) is 5.75 Å². The summed E-state index contributed by atoms with van der Waals surface area (Å²) in [5.74, 6) is 0.514. The Morgan fingerprint density at radius 1 is 1.18 bits per heavy atom. The van der Waals surface area contributed by atoms with E-state index in [1.807, 2.05) is 12.1 Å². The first-order chi connectivity index (χ1) is 8.20. The second kappa shape index (κ2) is 5.38. The van der Waals surface area contributed by atoms with Gasteiger partial charge < -0.3 is 4.74 Å². The van der Waals surface area contributed by atoms with Crippen LogP contribution < -0.4 is 4.74 Å². The predicted octanol–water partition coefficient (Wildman–Crippen LogP) is 3.60. The van der Waals surface area contributed by atoms with Gasteiger partial charge in [0.05, 0.1) is 7.11 Å². The number of rotatable bonds is 3. The van der Waals surface area contributed by atoms with Crippen molar-refractivity contribution in [3.63, 3.8) is 0 Å². The van der Waals surface area contributed by atoms with Gasteiger partial charge >= 0.3 is 0 Å². The number of benzene rings is 1. The van der Waals surface area contributed by atoms with E-state index in [9.17, 15) is 0 Å². The normalized spacial score (nSPS) is 10.3. The predicted molar refractivity (Wildman–Crippen MR) is 68.9 cm³/mol. The number of ether oxygens (including phenoxy) is 1. The summed E-state index contributed by atoms with van der Waals surface area (Å²) in [5, 5.41) is 1.05. The largest absolute Gasteiger partial charge is 0.491 e. The molecule has 0 fully saturated rings. The van der Waals surface area contributed by atoms with E-state index in [-0.39, 0.29) is 0 Å². The average Bonchev–Trinajstić information content (AvgIpc) is 2.32. The molecule has 0 spiro atoms. The lowest BCUT2D eigenvalue weighted by atomic mass is 10.2. The summed E-state index contributed by atoms with van der Waals surface area (Å²) < 4.78 is 5.19. The number of aromatic nitrogens is 2. The van der Waals surface area contributed by atoms with E-state index in [1.54, 1.807) is 7.11 Å². The topological polar surface area (TPSA) is 35.0 Å². The Hall–Kier alpha value is -1.26. The minimum Gasteiger partial charge on any atom is -0.491 e. The van der Waals surface area contributed by atoms with Gasteiger partial charge in [0.15, 0.2) is 10.9 Å². The maximum Gasteiger partial charge on any atom is 0.188 e. The van der Waals surface area contributed by atoms with Crippen LogP contribution in [0.15, 0.2) is 40.5 Å². The summed E-state index contributed by atoms with van der Waals surface area (Å²) in [6, 6.07) is 8.18. The second-order valence-corrected chi connectivity index (χ2v) is 4.84. The number of aryl methyl sites for hydroxylation is 1. The van der Waals surface area contributed by atoms with Gasteiger partial charge in [0.25, 0.3) is 0 Å². The van der Waals surface area contributed by atoms with Gasteiger partial charge in [-0.3, -0.25) is 0 Å². The van der Waals surface area contributed by atoms with Gasteiger partial charge in [-0.1, -0.05) is 41.1 Å². The van der Waals surface area contributed by atoms with Crippen LogP contribution in [0.2, 0.25) is 5.15 Å².